The van der Waals surface area contributed by atoms with Crippen molar-refractivity contribution in [2.75, 3.05) is 13.1 Å². The molecule has 0 aliphatic heterocycles. The molecule has 1 aliphatic rings. The van der Waals surface area contributed by atoms with Crippen LogP contribution >= 0.6 is 11.3 Å². The van der Waals surface area contributed by atoms with E-state index in [9.17, 15) is 14.4 Å². The molecule has 1 aliphatic carbocycles. The number of carboxylic acids is 1. The Morgan fingerprint density at radius 1 is 1.15 bits per heavy atom. The first-order valence-electron chi connectivity index (χ1n) is 9.03. The Balaban J connectivity index is 1.50. The van der Waals surface area contributed by atoms with Gasteiger partial charge >= 0.3 is 12.0 Å². The summed E-state index contributed by atoms with van der Waals surface area (Å²) < 4.78 is 0. The molecule has 2 rings (SSSR count). The van der Waals surface area contributed by atoms with Crippen molar-refractivity contribution < 1.29 is 19.5 Å². The first-order valence-corrected chi connectivity index (χ1v) is 9.91. The molecule has 3 amide bonds. The van der Waals surface area contributed by atoms with Crippen molar-refractivity contribution in [1.82, 2.24) is 20.9 Å². The fourth-order valence-corrected chi connectivity index (χ4v) is 3.63. The van der Waals surface area contributed by atoms with Crippen molar-refractivity contribution in [1.29, 1.82) is 0 Å². The van der Waals surface area contributed by atoms with Crippen LogP contribution in [0, 0.1) is 0 Å². The van der Waals surface area contributed by atoms with E-state index in [1.54, 1.807) is 0 Å². The van der Waals surface area contributed by atoms with Crippen LogP contribution < -0.4 is 16.0 Å². The zero-order valence-corrected chi connectivity index (χ0v) is 15.6. The lowest BCUT2D eigenvalue weighted by Gasteiger charge is -2.22. The molecule has 0 bridgehead atoms. The highest BCUT2D eigenvalue weighted by molar-refractivity contribution is 7.09. The van der Waals surface area contributed by atoms with Crippen LogP contribution in [0.15, 0.2) is 5.38 Å². The number of carboxylic acid groups (broad SMARTS) is 1. The maximum absolute atomic E-state index is 11.8. The van der Waals surface area contributed by atoms with Crippen molar-refractivity contribution in [2.24, 2.45) is 0 Å². The normalized spacial score (nSPS) is 14.6. The van der Waals surface area contributed by atoms with Gasteiger partial charge in [-0.1, -0.05) is 19.3 Å². The van der Waals surface area contributed by atoms with Gasteiger partial charge in [-0.05, 0) is 19.3 Å². The molecule has 1 fully saturated rings. The minimum Gasteiger partial charge on any atom is -0.476 e. The highest BCUT2D eigenvalue weighted by atomic mass is 32.1. The first kappa shape index (κ1) is 20.2. The van der Waals surface area contributed by atoms with Gasteiger partial charge in [-0.3, -0.25) is 4.79 Å². The minimum absolute atomic E-state index is 0.0360. The Morgan fingerprint density at radius 2 is 1.92 bits per heavy atom. The van der Waals surface area contributed by atoms with Gasteiger partial charge in [0.05, 0.1) is 5.01 Å². The number of aromatic nitrogens is 1. The summed E-state index contributed by atoms with van der Waals surface area (Å²) in [7, 11) is 0. The number of nitrogens with zero attached hydrogens (tertiary/aromatic N) is 1. The van der Waals surface area contributed by atoms with E-state index in [0.717, 1.165) is 12.8 Å². The third kappa shape index (κ3) is 7.38. The number of hydrogen-bond donors (Lipinski definition) is 4. The molecule has 144 valence electrons. The highest BCUT2D eigenvalue weighted by Crippen LogP contribution is 2.17. The second-order valence-electron chi connectivity index (χ2n) is 6.37. The molecular formula is C17H26N4O4S. The number of thiazole rings is 1. The number of rotatable bonds is 9. The van der Waals surface area contributed by atoms with Crippen molar-refractivity contribution >= 4 is 29.2 Å². The van der Waals surface area contributed by atoms with Gasteiger partial charge in [-0.25, -0.2) is 14.6 Å². The van der Waals surface area contributed by atoms with Gasteiger partial charge in [0.25, 0.3) is 0 Å². The Labute approximate surface area is 156 Å². The van der Waals surface area contributed by atoms with Crippen molar-refractivity contribution in [2.45, 2.75) is 57.4 Å². The van der Waals surface area contributed by atoms with E-state index in [-0.39, 0.29) is 23.7 Å². The third-order valence-electron chi connectivity index (χ3n) is 4.24. The predicted molar refractivity (Wildman–Crippen MR) is 98.4 cm³/mol. The zero-order chi connectivity index (χ0) is 18.8. The lowest BCUT2D eigenvalue weighted by atomic mass is 9.96. The van der Waals surface area contributed by atoms with Crippen molar-refractivity contribution in [3.05, 3.63) is 16.1 Å². The number of aromatic carboxylic acids is 1. The summed E-state index contributed by atoms with van der Waals surface area (Å²) >= 11 is 1.27. The molecule has 1 heterocycles. The zero-order valence-electron chi connectivity index (χ0n) is 14.8. The molecule has 0 spiro atoms. The fourth-order valence-electron chi connectivity index (χ4n) is 2.86. The largest absolute Gasteiger partial charge is 0.476 e. The van der Waals surface area contributed by atoms with E-state index in [1.165, 1.54) is 36.0 Å². The van der Waals surface area contributed by atoms with Gasteiger partial charge < -0.3 is 21.1 Å². The molecule has 1 aromatic heterocycles. The van der Waals surface area contributed by atoms with Crippen LogP contribution in [0.3, 0.4) is 0 Å². The Bertz CT molecular complexity index is 614. The van der Waals surface area contributed by atoms with Crippen LogP contribution in [0.4, 0.5) is 4.79 Å². The number of urea groups is 1. The molecule has 1 aromatic rings. The maximum atomic E-state index is 11.8. The quantitative estimate of drug-likeness (QED) is 0.486. The number of nitrogens with one attached hydrogen (secondary N) is 3. The van der Waals surface area contributed by atoms with Crippen LogP contribution in [0.25, 0.3) is 0 Å². The molecule has 0 aromatic carbocycles. The molecule has 9 heteroatoms. The third-order valence-corrected chi connectivity index (χ3v) is 5.15. The average Bonchev–Trinajstić information content (AvgIpc) is 3.09. The highest BCUT2D eigenvalue weighted by Gasteiger charge is 2.15. The fraction of sp³-hybridized carbons (Fsp3) is 0.647. The summed E-state index contributed by atoms with van der Waals surface area (Å²) in [5.41, 5.74) is 0.0360. The summed E-state index contributed by atoms with van der Waals surface area (Å²) in [6, 6.07) is 0.120. The molecule has 26 heavy (non-hydrogen) atoms. The van der Waals surface area contributed by atoms with E-state index in [2.05, 4.69) is 20.9 Å². The van der Waals surface area contributed by atoms with Gasteiger partial charge in [0.1, 0.15) is 0 Å². The second-order valence-corrected chi connectivity index (χ2v) is 7.31. The van der Waals surface area contributed by atoms with Crippen molar-refractivity contribution in [3.63, 3.8) is 0 Å². The average molecular weight is 382 g/mol. The van der Waals surface area contributed by atoms with E-state index in [4.69, 9.17) is 5.11 Å². The molecule has 0 radical (unpaired) electrons. The number of amides is 3. The molecule has 1 saturated carbocycles. The molecule has 0 atom stereocenters. The second kappa shape index (κ2) is 10.7. The van der Waals surface area contributed by atoms with Gasteiger partial charge in [0.15, 0.2) is 5.69 Å². The lowest BCUT2D eigenvalue weighted by Crippen LogP contribution is -2.43. The van der Waals surface area contributed by atoms with Crippen LogP contribution in [0.2, 0.25) is 0 Å². The Kier molecular flexibility index (Phi) is 8.33. The summed E-state index contributed by atoms with van der Waals surface area (Å²) in [5.74, 6) is -1.13. The SMILES string of the molecule is O=C(CCCNC(=O)NC1CCCCC1)NCCc1nc(C(=O)O)cs1. The first-order chi connectivity index (χ1) is 12.5. The van der Waals surface area contributed by atoms with E-state index in [1.807, 2.05) is 0 Å². The number of carbonyl (C=O) groups excluding carboxylic acids is 2. The standard InChI is InChI=1S/C17H26N4O4S/c22-14(18-10-8-15-21-13(11-26-15)16(23)24)7-4-9-19-17(25)20-12-5-2-1-3-6-12/h11-12H,1-10H2,(H,18,22)(H,23,24)(H2,19,20,25). The molecule has 4 N–H and O–H groups in total. The van der Waals surface area contributed by atoms with Gasteiger partial charge in [0, 0.05) is 37.4 Å². The van der Waals surface area contributed by atoms with E-state index >= 15 is 0 Å². The van der Waals surface area contributed by atoms with Crippen LogP contribution in [-0.4, -0.2) is 47.1 Å². The molecule has 8 nitrogen and oxygen atoms in total. The maximum Gasteiger partial charge on any atom is 0.355 e. The predicted octanol–water partition coefficient (Wildman–Crippen LogP) is 1.91. The van der Waals surface area contributed by atoms with Crippen LogP contribution in [0.1, 0.15) is 60.4 Å². The molecule has 0 unspecified atom stereocenters. The lowest BCUT2D eigenvalue weighted by molar-refractivity contribution is -0.121. The summed E-state index contributed by atoms with van der Waals surface area (Å²) in [6.45, 7) is 0.876. The van der Waals surface area contributed by atoms with Gasteiger partial charge in [-0.15, -0.1) is 11.3 Å². The number of hydrogen-bond acceptors (Lipinski definition) is 5. The summed E-state index contributed by atoms with van der Waals surface area (Å²) in [6.07, 6.45) is 7.09. The minimum atomic E-state index is -1.04. The number of carbonyl (C=O) groups is 3. The van der Waals surface area contributed by atoms with Gasteiger partial charge in [-0.2, -0.15) is 0 Å². The Morgan fingerprint density at radius 3 is 2.62 bits per heavy atom. The van der Waals surface area contributed by atoms with Gasteiger partial charge in [0.2, 0.25) is 5.91 Å². The Hall–Kier alpha value is -2.16. The monoisotopic (exact) mass is 382 g/mol. The smallest absolute Gasteiger partial charge is 0.355 e. The topological polar surface area (TPSA) is 120 Å². The molecular weight excluding hydrogens is 356 g/mol. The van der Waals surface area contributed by atoms with Crippen LogP contribution in [-0.2, 0) is 11.2 Å². The summed E-state index contributed by atoms with van der Waals surface area (Å²) in [4.78, 5) is 38.2. The van der Waals surface area contributed by atoms with Crippen molar-refractivity contribution in [3.8, 4) is 0 Å². The summed E-state index contributed by atoms with van der Waals surface area (Å²) in [5, 5.41) is 19.5. The van der Waals surface area contributed by atoms with Crippen LogP contribution in [0.5, 0.6) is 0 Å². The van der Waals surface area contributed by atoms with E-state index in [0.29, 0.717) is 37.4 Å². The molecule has 0 saturated heterocycles. The van der Waals surface area contributed by atoms with E-state index < -0.39 is 5.97 Å².